The van der Waals surface area contributed by atoms with Crippen LogP contribution in [0.15, 0.2) is 34.5 Å². The number of amides is 1. The van der Waals surface area contributed by atoms with Crippen LogP contribution in [0.4, 0.5) is 5.13 Å². The number of thiazole rings is 1. The number of hydrogen-bond donors (Lipinski definition) is 1. The van der Waals surface area contributed by atoms with Gasteiger partial charge in [-0.25, -0.2) is 13.4 Å². The van der Waals surface area contributed by atoms with Gasteiger partial charge >= 0.3 is 5.97 Å². The molecule has 0 atom stereocenters. The molecule has 1 heterocycles. The van der Waals surface area contributed by atoms with Crippen molar-refractivity contribution < 1.29 is 27.5 Å². The van der Waals surface area contributed by atoms with E-state index in [2.05, 4.69) is 10.3 Å². The number of sulfone groups is 1. The number of anilines is 1. The number of carbonyl (C=O) groups is 2. The summed E-state index contributed by atoms with van der Waals surface area (Å²) in [5.74, 6) is -0.224. The number of ether oxygens (including phenoxy) is 2. The Morgan fingerprint density at radius 2 is 1.84 bits per heavy atom. The van der Waals surface area contributed by atoms with Crippen molar-refractivity contribution in [2.24, 2.45) is 0 Å². The van der Waals surface area contributed by atoms with Crippen molar-refractivity contribution in [2.75, 3.05) is 18.2 Å². The Hall–Kier alpha value is -2.46. The molecule has 0 unspecified atom stereocenters. The molecule has 2 aromatic rings. The van der Waals surface area contributed by atoms with E-state index in [0.29, 0.717) is 36.0 Å². The summed E-state index contributed by atoms with van der Waals surface area (Å²) in [7, 11) is -3.31. The summed E-state index contributed by atoms with van der Waals surface area (Å²) in [6.07, 6.45) is 5.01. The molecule has 1 N–H and O–H groups in total. The van der Waals surface area contributed by atoms with Crippen LogP contribution in [0.5, 0.6) is 5.75 Å². The molecular weight excluding hydrogens is 440 g/mol. The second-order valence-corrected chi connectivity index (χ2v) is 10.4. The number of rotatable bonds is 8. The Morgan fingerprint density at radius 3 is 2.45 bits per heavy atom. The fourth-order valence-electron chi connectivity index (χ4n) is 3.50. The summed E-state index contributed by atoms with van der Waals surface area (Å²) >= 11 is 1.24. The summed E-state index contributed by atoms with van der Waals surface area (Å²) in [5.41, 5.74) is -0.522. The number of nitrogens with one attached hydrogen (secondary N) is 1. The van der Waals surface area contributed by atoms with E-state index in [1.807, 2.05) is 0 Å². The second-order valence-electron chi connectivity index (χ2n) is 7.48. The quantitative estimate of drug-likeness (QED) is 0.594. The molecule has 1 saturated carbocycles. The van der Waals surface area contributed by atoms with Gasteiger partial charge in [0.2, 0.25) is 0 Å². The number of benzene rings is 1. The van der Waals surface area contributed by atoms with E-state index in [1.165, 1.54) is 23.5 Å². The summed E-state index contributed by atoms with van der Waals surface area (Å²) in [5, 5.41) is 4.94. The Labute approximate surface area is 185 Å². The van der Waals surface area contributed by atoms with Gasteiger partial charge in [-0.3, -0.25) is 14.9 Å². The first-order valence-corrected chi connectivity index (χ1v) is 12.9. The molecule has 0 aliphatic heterocycles. The molecule has 10 heteroatoms. The highest BCUT2D eigenvalue weighted by Crippen LogP contribution is 2.35. The van der Waals surface area contributed by atoms with Gasteiger partial charge in [0.25, 0.3) is 5.91 Å². The summed E-state index contributed by atoms with van der Waals surface area (Å²) < 4.78 is 34.4. The first kappa shape index (κ1) is 23.2. The average Bonchev–Trinajstić information content (AvgIpc) is 3.15. The Kier molecular flexibility index (Phi) is 7.32. The third kappa shape index (κ3) is 6.04. The summed E-state index contributed by atoms with van der Waals surface area (Å²) in [6.45, 7) is 2.04. The minimum absolute atomic E-state index is 0.0501. The highest BCUT2D eigenvalue weighted by Gasteiger charge is 2.42. The lowest BCUT2D eigenvalue weighted by Crippen LogP contribution is -2.49. The van der Waals surface area contributed by atoms with Gasteiger partial charge in [0, 0.05) is 11.6 Å². The fourth-order valence-corrected chi connectivity index (χ4v) is 4.83. The number of esters is 1. The van der Waals surface area contributed by atoms with Crippen LogP contribution in [-0.4, -0.2) is 43.7 Å². The van der Waals surface area contributed by atoms with Crippen molar-refractivity contribution in [1.82, 2.24) is 4.98 Å². The number of aromatic nitrogens is 1. The van der Waals surface area contributed by atoms with Crippen LogP contribution in [0.3, 0.4) is 0 Å². The molecule has 1 fully saturated rings. The molecule has 0 radical (unpaired) electrons. The van der Waals surface area contributed by atoms with E-state index in [0.717, 1.165) is 25.5 Å². The van der Waals surface area contributed by atoms with Crippen molar-refractivity contribution >= 4 is 38.2 Å². The van der Waals surface area contributed by atoms with E-state index in [1.54, 1.807) is 24.4 Å². The van der Waals surface area contributed by atoms with Gasteiger partial charge in [-0.2, -0.15) is 0 Å². The minimum atomic E-state index is -3.31. The molecule has 1 amide bonds. The van der Waals surface area contributed by atoms with Gasteiger partial charge in [-0.05, 0) is 56.9 Å². The van der Waals surface area contributed by atoms with Crippen LogP contribution in [0.25, 0.3) is 0 Å². The lowest BCUT2D eigenvalue weighted by molar-refractivity contribution is -0.142. The van der Waals surface area contributed by atoms with Crippen molar-refractivity contribution in [2.45, 2.75) is 55.9 Å². The molecule has 1 aromatic carbocycles. The first-order valence-electron chi connectivity index (χ1n) is 10.1. The first-order chi connectivity index (χ1) is 14.7. The van der Waals surface area contributed by atoms with Crippen LogP contribution >= 0.6 is 11.3 Å². The predicted molar refractivity (Wildman–Crippen MR) is 117 cm³/mol. The van der Waals surface area contributed by atoms with E-state index < -0.39 is 15.4 Å². The third-order valence-corrected chi connectivity index (χ3v) is 6.98. The van der Waals surface area contributed by atoms with Crippen molar-refractivity contribution in [3.63, 3.8) is 0 Å². The van der Waals surface area contributed by atoms with Gasteiger partial charge in [0.05, 0.1) is 23.6 Å². The zero-order chi connectivity index (χ0) is 22.5. The van der Waals surface area contributed by atoms with Gasteiger partial charge in [0.1, 0.15) is 5.75 Å². The van der Waals surface area contributed by atoms with E-state index in [9.17, 15) is 18.0 Å². The molecule has 3 rings (SSSR count). The molecule has 31 heavy (non-hydrogen) atoms. The Bertz CT molecular complexity index is 1020. The normalized spacial score (nSPS) is 15.8. The maximum Gasteiger partial charge on any atom is 0.311 e. The Morgan fingerprint density at radius 1 is 1.16 bits per heavy atom. The van der Waals surface area contributed by atoms with Gasteiger partial charge in [0.15, 0.2) is 20.6 Å². The van der Waals surface area contributed by atoms with Crippen LogP contribution in [0, 0.1) is 0 Å². The zero-order valence-electron chi connectivity index (χ0n) is 17.5. The second kappa shape index (κ2) is 9.78. The number of hydrogen-bond acceptors (Lipinski definition) is 8. The van der Waals surface area contributed by atoms with Crippen molar-refractivity contribution in [3.8, 4) is 5.75 Å². The third-order valence-electron chi connectivity index (χ3n) is 5.04. The molecule has 8 nitrogen and oxygen atoms in total. The van der Waals surface area contributed by atoms with E-state index >= 15 is 0 Å². The Balaban J connectivity index is 1.73. The zero-order valence-corrected chi connectivity index (χ0v) is 19.2. The SMILES string of the molecule is CCOC(=O)Cc1csc(NC(=O)C2(Oc3ccc(S(C)(=O)=O)cc3)CCCCC2)n1. The van der Waals surface area contributed by atoms with E-state index in [-0.39, 0.29) is 23.2 Å². The summed E-state index contributed by atoms with van der Waals surface area (Å²) in [6, 6.07) is 6.09. The summed E-state index contributed by atoms with van der Waals surface area (Å²) in [4.78, 5) is 29.3. The largest absolute Gasteiger partial charge is 0.477 e. The smallest absolute Gasteiger partial charge is 0.311 e. The molecule has 1 aliphatic rings. The molecule has 0 saturated heterocycles. The van der Waals surface area contributed by atoms with Gasteiger partial charge in [-0.1, -0.05) is 6.42 Å². The fraction of sp³-hybridized carbons (Fsp3) is 0.476. The predicted octanol–water partition coefficient (Wildman–Crippen LogP) is 3.37. The highest BCUT2D eigenvalue weighted by molar-refractivity contribution is 7.90. The number of carbonyl (C=O) groups excluding carboxylic acids is 2. The highest BCUT2D eigenvalue weighted by atomic mass is 32.2. The van der Waals surface area contributed by atoms with Gasteiger partial charge < -0.3 is 9.47 Å². The molecule has 0 spiro atoms. The lowest BCUT2D eigenvalue weighted by atomic mass is 9.83. The van der Waals surface area contributed by atoms with Crippen LogP contribution in [-0.2, 0) is 30.6 Å². The maximum absolute atomic E-state index is 13.2. The van der Waals surface area contributed by atoms with Gasteiger partial charge in [-0.15, -0.1) is 11.3 Å². The van der Waals surface area contributed by atoms with E-state index in [4.69, 9.17) is 9.47 Å². The number of nitrogens with zero attached hydrogens (tertiary/aromatic N) is 1. The van der Waals surface area contributed by atoms with Crippen LogP contribution < -0.4 is 10.1 Å². The lowest BCUT2D eigenvalue weighted by Gasteiger charge is -2.36. The monoisotopic (exact) mass is 466 g/mol. The molecule has 1 aromatic heterocycles. The molecular formula is C21H26N2O6S2. The molecule has 168 valence electrons. The molecule has 0 bridgehead atoms. The topological polar surface area (TPSA) is 112 Å². The average molecular weight is 467 g/mol. The van der Waals surface area contributed by atoms with Crippen molar-refractivity contribution in [3.05, 3.63) is 35.3 Å². The van der Waals surface area contributed by atoms with Crippen molar-refractivity contribution in [1.29, 1.82) is 0 Å². The standard InChI is InChI=1S/C21H26N2O6S2/c1-3-28-18(24)13-15-14-30-20(22-15)23-19(25)21(11-5-4-6-12-21)29-16-7-9-17(10-8-16)31(2,26)27/h7-10,14H,3-6,11-13H2,1-2H3,(H,22,23,25). The van der Waals surface area contributed by atoms with Crippen LogP contribution in [0.2, 0.25) is 0 Å². The van der Waals surface area contributed by atoms with Crippen LogP contribution in [0.1, 0.15) is 44.7 Å². The maximum atomic E-state index is 13.2. The molecule has 1 aliphatic carbocycles. The minimum Gasteiger partial charge on any atom is -0.477 e.